The molecule has 50 valence electrons. The molecule has 1 unspecified atom stereocenters. The lowest BCUT2D eigenvalue weighted by Crippen LogP contribution is -2.30. The van der Waals surface area contributed by atoms with E-state index in [2.05, 4.69) is 54.5 Å². The van der Waals surface area contributed by atoms with E-state index >= 15 is 0 Å². The van der Waals surface area contributed by atoms with Gasteiger partial charge in [0.25, 0.3) is 0 Å². The zero-order valence-corrected chi connectivity index (χ0v) is 8.98. The molecule has 0 fully saturated rings. The van der Waals surface area contributed by atoms with Crippen LogP contribution < -0.4 is 0 Å². The van der Waals surface area contributed by atoms with Crippen LogP contribution in [0.3, 0.4) is 0 Å². The molecule has 0 saturated heterocycles. The number of rotatable bonds is 1. The van der Waals surface area contributed by atoms with E-state index in [1.165, 1.54) is 0 Å². The van der Waals surface area contributed by atoms with Gasteiger partial charge in [-0.05, 0) is 49.9 Å². The molecule has 0 aromatic heterocycles. The molecular formula is C5H13INP. The molecule has 0 aliphatic heterocycles. The summed E-state index contributed by atoms with van der Waals surface area (Å²) in [5, 5.41) is 0. The van der Waals surface area contributed by atoms with Crippen molar-refractivity contribution in [3.05, 3.63) is 0 Å². The van der Waals surface area contributed by atoms with E-state index in [4.69, 9.17) is 0 Å². The fraction of sp³-hybridized carbons (Fsp3) is 1.00. The summed E-state index contributed by atoms with van der Waals surface area (Å²) >= 11 is 2.39. The lowest BCUT2D eigenvalue weighted by molar-refractivity contribution is 0.318. The van der Waals surface area contributed by atoms with Gasteiger partial charge in [0.15, 0.2) is 0 Å². The van der Waals surface area contributed by atoms with E-state index in [1.807, 2.05) is 0 Å². The summed E-state index contributed by atoms with van der Waals surface area (Å²) in [6.45, 7) is 6.66. The Morgan fingerprint density at radius 2 is 1.75 bits per heavy atom. The van der Waals surface area contributed by atoms with Gasteiger partial charge in [-0.3, -0.25) is 4.67 Å². The highest BCUT2D eigenvalue weighted by Crippen LogP contribution is 2.31. The van der Waals surface area contributed by atoms with Crippen molar-refractivity contribution in [2.45, 2.75) is 26.3 Å². The molecule has 0 radical (unpaired) electrons. The molecule has 0 spiro atoms. The Labute approximate surface area is 66.5 Å². The topological polar surface area (TPSA) is 3.24 Å². The molecule has 0 heterocycles. The first-order chi connectivity index (χ1) is 3.48. The number of nitrogens with zero attached hydrogens (tertiary/aromatic N) is 1. The summed E-state index contributed by atoms with van der Waals surface area (Å²) < 4.78 is 2.33. The molecular weight excluding hydrogens is 232 g/mol. The molecule has 1 atom stereocenters. The Morgan fingerprint density at radius 1 is 1.38 bits per heavy atom. The summed E-state index contributed by atoms with van der Waals surface area (Å²) in [5.41, 5.74) is 0.347. The molecule has 1 nitrogen and oxygen atoms in total. The molecule has 0 rings (SSSR count). The van der Waals surface area contributed by atoms with Crippen molar-refractivity contribution in [1.29, 1.82) is 0 Å². The van der Waals surface area contributed by atoms with Crippen LogP contribution in [-0.4, -0.2) is 17.3 Å². The Balaban J connectivity index is 3.62. The van der Waals surface area contributed by atoms with Crippen LogP contribution in [0.15, 0.2) is 0 Å². The molecule has 8 heavy (non-hydrogen) atoms. The first kappa shape index (κ1) is 9.12. The highest BCUT2D eigenvalue weighted by atomic mass is 127. The molecule has 0 amide bonds. The monoisotopic (exact) mass is 245 g/mol. The van der Waals surface area contributed by atoms with Gasteiger partial charge >= 0.3 is 0 Å². The summed E-state index contributed by atoms with van der Waals surface area (Å²) in [6, 6.07) is 0. The largest absolute Gasteiger partial charge is 0.274 e. The fourth-order valence-corrected chi connectivity index (χ4v) is 2.55. The third-order valence-electron chi connectivity index (χ3n) is 1.13. The maximum absolute atomic E-state index is 2.39. The third-order valence-corrected chi connectivity index (χ3v) is 4.23. The van der Waals surface area contributed by atoms with Crippen molar-refractivity contribution in [3.8, 4) is 0 Å². The van der Waals surface area contributed by atoms with Gasteiger partial charge in [-0.25, -0.2) is 0 Å². The van der Waals surface area contributed by atoms with Gasteiger partial charge in [-0.15, -0.1) is 0 Å². The number of hydrogen-bond acceptors (Lipinski definition) is 1. The molecule has 0 aliphatic carbocycles. The van der Waals surface area contributed by atoms with Crippen LogP contribution in [0.2, 0.25) is 0 Å². The second kappa shape index (κ2) is 3.33. The van der Waals surface area contributed by atoms with Crippen LogP contribution in [0.25, 0.3) is 0 Å². The molecule has 0 aromatic rings. The first-order valence-corrected chi connectivity index (χ1v) is 6.64. The Morgan fingerprint density at radius 3 is 1.75 bits per heavy atom. The maximum Gasteiger partial charge on any atom is 0.0163 e. The van der Waals surface area contributed by atoms with E-state index in [0.29, 0.717) is 5.54 Å². The van der Waals surface area contributed by atoms with Gasteiger partial charge in [0.05, 0.1) is 0 Å². The fourth-order valence-electron chi connectivity index (χ4n) is 0.127. The van der Waals surface area contributed by atoms with Gasteiger partial charge in [0.2, 0.25) is 0 Å². The molecule has 0 aliphatic rings. The van der Waals surface area contributed by atoms with Crippen LogP contribution in [-0.2, 0) is 0 Å². The van der Waals surface area contributed by atoms with Crippen molar-refractivity contribution in [1.82, 2.24) is 4.67 Å². The zero-order chi connectivity index (χ0) is 6.78. The van der Waals surface area contributed by atoms with E-state index in [0.717, 1.165) is 6.37 Å². The van der Waals surface area contributed by atoms with Crippen molar-refractivity contribution in [2.75, 3.05) is 7.05 Å². The van der Waals surface area contributed by atoms with Crippen LogP contribution in [0, 0.1) is 0 Å². The third kappa shape index (κ3) is 3.21. The van der Waals surface area contributed by atoms with Crippen molar-refractivity contribution in [3.63, 3.8) is 0 Å². The van der Waals surface area contributed by atoms with Crippen LogP contribution >= 0.6 is 28.4 Å². The molecule has 0 saturated carbocycles. The van der Waals surface area contributed by atoms with Crippen LogP contribution in [0.4, 0.5) is 0 Å². The quantitative estimate of drug-likeness (QED) is 0.507. The minimum Gasteiger partial charge on any atom is -0.274 e. The Bertz CT molecular complexity index is 69.3. The highest BCUT2D eigenvalue weighted by Gasteiger charge is 2.14. The summed E-state index contributed by atoms with van der Waals surface area (Å²) in [4.78, 5) is 0. The minimum absolute atomic E-state index is 0.347. The molecule has 0 N–H and O–H groups in total. The lowest BCUT2D eigenvalue weighted by Gasteiger charge is -2.29. The van der Waals surface area contributed by atoms with Gasteiger partial charge in [-0.2, -0.15) is 0 Å². The van der Waals surface area contributed by atoms with E-state index in [9.17, 15) is 0 Å². The van der Waals surface area contributed by atoms with E-state index in [-0.39, 0.29) is 0 Å². The van der Waals surface area contributed by atoms with Gasteiger partial charge in [-0.1, -0.05) is 0 Å². The normalized spacial score (nSPS) is 14.2. The predicted octanol–water partition coefficient (Wildman–Crippen LogP) is 2.66. The highest BCUT2D eigenvalue weighted by molar-refractivity contribution is 14.2. The average Bonchev–Trinajstić information content (AvgIpc) is 1.62. The smallest absolute Gasteiger partial charge is 0.0163 e. The molecule has 0 bridgehead atoms. The maximum atomic E-state index is 2.39. The van der Waals surface area contributed by atoms with E-state index in [1.54, 1.807) is 0 Å². The summed E-state index contributed by atoms with van der Waals surface area (Å²) in [7, 11) is 2.14. The van der Waals surface area contributed by atoms with Gasteiger partial charge < -0.3 is 0 Å². The standard InChI is InChI=1S/C5H13INP/c1-5(2,3)7(4)8-6/h8H,1-4H3. The van der Waals surface area contributed by atoms with Crippen molar-refractivity contribution < 1.29 is 0 Å². The lowest BCUT2D eigenvalue weighted by atomic mass is 10.1. The zero-order valence-electron chi connectivity index (χ0n) is 5.83. The van der Waals surface area contributed by atoms with Crippen LogP contribution in [0.5, 0.6) is 0 Å². The first-order valence-electron chi connectivity index (χ1n) is 2.58. The molecule has 3 heteroatoms. The van der Waals surface area contributed by atoms with Crippen LogP contribution in [0.1, 0.15) is 20.8 Å². The number of hydrogen-bond donors (Lipinski definition) is 0. The molecule has 0 aromatic carbocycles. The van der Waals surface area contributed by atoms with Crippen molar-refractivity contribution >= 4 is 28.4 Å². The summed E-state index contributed by atoms with van der Waals surface area (Å²) in [5.74, 6) is 0. The van der Waals surface area contributed by atoms with Crippen molar-refractivity contribution in [2.24, 2.45) is 0 Å². The van der Waals surface area contributed by atoms with Gasteiger partial charge in [0.1, 0.15) is 0 Å². The second-order valence-electron chi connectivity index (χ2n) is 2.81. The average molecular weight is 245 g/mol. The Kier molecular flexibility index (Phi) is 3.79. The van der Waals surface area contributed by atoms with E-state index < -0.39 is 0 Å². The van der Waals surface area contributed by atoms with Gasteiger partial charge in [0, 0.05) is 11.9 Å². The number of halogens is 1. The minimum atomic E-state index is 0.347. The summed E-state index contributed by atoms with van der Waals surface area (Å²) in [6.07, 6.45) is 0.886. The Hall–Kier alpha value is 1.12. The predicted molar refractivity (Wildman–Crippen MR) is 49.9 cm³/mol. The SMILES string of the molecule is CN(PI)C(C)(C)C. The second-order valence-corrected chi connectivity index (χ2v) is 5.10.